The number of ether oxygens (including phenoxy) is 1. The minimum atomic E-state index is -0.490. The minimum Gasteiger partial charge on any atom is -0.453 e. The third kappa shape index (κ3) is 8.31. The maximum Gasteiger partial charge on any atom is 0.224 e. The fourth-order valence-electron chi connectivity index (χ4n) is 5.80. The predicted octanol–water partition coefficient (Wildman–Crippen LogP) is 6.09. The highest BCUT2D eigenvalue weighted by Crippen LogP contribution is 2.39. The molecular weight excluding hydrogens is 589 g/mol. The van der Waals surface area contributed by atoms with Gasteiger partial charge in [0.25, 0.3) is 0 Å². The second-order valence-electron chi connectivity index (χ2n) is 12.6. The van der Waals surface area contributed by atoms with Gasteiger partial charge in [-0.25, -0.2) is 4.39 Å². The fourth-order valence-corrected chi connectivity index (χ4v) is 6.85. The molecule has 3 aromatic heterocycles. The van der Waals surface area contributed by atoms with Crippen molar-refractivity contribution in [3.63, 3.8) is 0 Å². The molecule has 0 unspecified atom stereocenters. The summed E-state index contributed by atoms with van der Waals surface area (Å²) in [5, 5.41) is 3.08. The van der Waals surface area contributed by atoms with Gasteiger partial charge < -0.3 is 15.0 Å². The van der Waals surface area contributed by atoms with Gasteiger partial charge in [0, 0.05) is 57.5 Å². The van der Waals surface area contributed by atoms with Crippen LogP contribution in [-0.4, -0.2) is 71.7 Å². The Labute approximate surface area is 267 Å². The number of likely N-dealkylation sites (tertiary alicyclic amines) is 1. The van der Waals surface area contributed by atoms with Gasteiger partial charge in [-0.1, -0.05) is 12.1 Å². The van der Waals surface area contributed by atoms with Crippen LogP contribution in [0, 0.1) is 17.7 Å². The summed E-state index contributed by atoms with van der Waals surface area (Å²) in [7, 11) is 4.01. The molecule has 1 N–H and O–H groups in total. The molecule has 4 heterocycles. The zero-order valence-electron chi connectivity index (χ0n) is 25.9. The first kappa shape index (κ1) is 31.3. The summed E-state index contributed by atoms with van der Waals surface area (Å²) in [6.07, 6.45) is 8.57. The number of nitrogens with one attached hydrogen (secondary N) is 1. The summed E-state index contributed by atoms with van der Waals surface area (Å²) in [5.41, 5.74) is 3.35. The third-order valence-corrected chi connectivity index (χ3v) is 9.59. The number of hydrogen-bond acceptors (Lipinski definition) is 8. The van der Waals surface area contributed by atoms with E-state index < -0.39 is 5.82 Å². The second kappa shape index (κ2) is 14.1. The van der Waals surface area contributed by atoms with E-state index in [4.69, 9.17) is 9.72 Å². The Kier molecular flexibility index (Phi) is 9.82. The molecule has 1 aliphatic heterocycles. The SMILES string of the molecule is CN(C)CCNC(=O)[C@@H]1CCCN(Cc2ccc(-c3cc4nccc(Oc5ccc(CC(=O)CC6CC6)cc5F)c4s3)nc2)C1. The maximum absolute atomic E-state index is 15.0. The molecule has 236 valence electrons. The van der Waals surface area contributed by atoms with Crippen LogP contribution in [0.5, 0.6) is 11.5 Å². The van der Waals surface area contributed by atoms with Crippen molar-refractivity contribution in [2.24, 2.45) is 11.8 Å². The molecule has 2 aliphatic rings. The van der Waals surface area contributed by atoms with Gasteiger partial charge in [-0.2, -0.15) is 0 Å². The summed E-state index contributed by atoms with van der Waals surface area (Å²) in [5.74, 6) is 0.990. The molecule has 0 spiro atoms. The monoisotopic (exact) mass is 629 g/mol. The molecule has 1 saturated carbocycles. The molecule has 4 aromatic rings. The van der Waals surface area contributed by atoms with Crippen molar-refractivity contribution in [1.29, 1.82) is 0 Å². The van der Waals surface area contributed by atoms with Gasteiger partial charge in [-0.05, 0) is 87.6 Å². The number of benzene rings is 1. The van der Waals surface area contributed by atoms with E-state index in [0.717, 1.165) is 78.2 Å². The Morgan fingerprint density at radius 2 is 1.91 bits per heavy atom. The number of rotatable bonds is 13. The van der Waals surface area contributed by atoms with Crippen LogP contribution in [0.25, 0.3) is 20.8 Å². The molecule has 1 atom stereocenters. The number of aromatic nitrogens is 2. The van der Waals surface area contributed by atoms with Crippen LogP contribution < -0.4 is 10.1 Å². The number of halogens is 1. The van der Waals surface area contributed by atoms with Crippen molar-refractivity contribution in [2.75, 3.05) is 40.3 Å². The number of piperidine rings is 1. The topological polar surface area (TPSA) is 87.7 Å². The number of carbonyl (C=O) groups is 2. The molecule has 0 bridgehead atoms. The summed E-state index contributed by atoms with van der Waals surface area (Å²) >= 11 is 1.50. The van der Waals surface area contributed by atoms with Crippen LogP contribution in [0.15, 0.2) is 54.9 Å². The lowest BCUT2D eigenvalue weighted by atomic mass is 9.96. The Morgan fingerprint density at radius 3 is 2.67 bits per heavy atom. The predicted molar refractivity (Wildman–Crippen MR) is 175 cm³/mol. The summed E-state index contributed by atoms with van der Waals surface area (Å²) < 4.78 is 21.8. The lowest BCUT2D eigenvalue weighted by Crippen LogP contribution is -2.44. The minimum absolute atomic E-state index is 0.0168. The second-order valence-corrected chi connectivity index (χ2v) is 13.6. The third-order valence-electron chi connectivity index (χ3n) is 8.42. The van der Waals surface area contributed by atoms with Crippen LogP contribution in [0.3, 0.4) is 0 Å². The Hall–Kier alpha value is -3.73. The van der Waals surface area contributed by atoms with E-state index in [2.05, 4.69) is 26.2 Å². The summed E-state index contributed by atoms with van der Waals surface area (Å²) in [6.45, 7) is 3.97. The molecular formula is C35H40FN5O3S. The number of pyridine rings is 2. The van der Waals surface area contributed by atoms with E-state index in [9.17, 15) is 14.0 Å². The van der Waals surface area contributed by atoms with Crippen LogP contribution in [-0.2, 0) is 22.6 Å². The lowest BCUT2D eigenvalue weighted by molar-refractivity contribution is -0.126. The van der Waals surface area contributed by atoms with Crippen LogP contribution in [0.2, 0.25) is 0 Å². The largest absolute Gasteiger partial charge is 0.453 e. The van der Waals surface area contributed by atoms with Gasteiger partial charge in [0.2, 0.25) is 5.91 Å². The number of thiophene rings is 1. The Balaban J connectivity index is 1.08. The number of amides is 1. The van der Waals surface area contributed by atoms with Crippen molar-refractivity contribution in [2.45, 2.75) is 45.1 Å². The maximum atomic E-state index is 15.0. The van der Waals surface area contributed by atoms with Crippen LogP contribution in [0.4, 0.5) is 4.39 Å². The molecule has 1 aliphatic carbocycles. The quantitative estimate of drug-likeness (QED) is 0.192. The molecule has 45 heavy (non-hydrogen) atoms. The van der Waals surface area contributed by atoms with Crippen molar-refractivity contribution >= 4 is 33.2 Å². The molecule has 8 nitrogen and oxygen atoms in total. The highest BCUT2D eigenvalue weighted by atomic mass is 32.1. The number of carbonyl (C=O) groups excluding carboxylic acids is 2. The van der Waals surface area contributed by atoms with E-state index in [1.54, 1.807) is 24.4 Å². The zero-order valence-corrected chi connectivity index (χ0v) is 26.7. The van der Waals surface area contributed by atoms with Crippen molar-refractivity contribution in [1.82, 2.24) is 25.1 Å². The van der Waals surface area contributed by atoms with E-state index in [1.165, 1.54) is 17.4 Å². The molecule has 1 saturated heterocycles. The van der Waals surface area contributed by atoms with E-state index >= 15 is 0 Å². The van der Waals surface area contributed by atoms with Gasteiger partial charge in [0.1, 0.15) is 11.5 Å². The highest BCUT2D eigenvalue weighted by Gasteiger charge is 2.26. The average molecular weight is 630 g/mol. The van der Waals surface area contributed by atoms with E-state index in [1.807, 2.05) is 32.4 Å². The molecule has 10 heteroatoms. The molecule has 2 fully saturated rings. The van der Waals surface area contributed by atoms with Crippen molar-refractivity contribution in [3.8, 4) is 22.1 Å². The zero-order chi connectivity index (χ0) is 31.3. The van der Waals surface area contributed by atoms with Gasteiger partial charge in [-0.3, -0.25) is 24.5 Å². The van der Waals surface area contributed by atoms with Gasteiger partial charge in [0.05, 0.1) is 26.7 Å². The summed E-state index contributed by atoms with van der Waals surface area (Å²) in [4.78, 5) is 39.5. The average Bonchev–Trinajstić information content (AvgIpc) is 3.72. The molecule has 0 radical (unpaired) electrons. The number of nitrogens with zero attached hydrogens (tertiary/aromatic N) is 4. The number of hydrogen-bond donors (Lipinski definition) is 1. The van der Waals surface area contributed by atoms with Crippen molar-refractivity contribution < 1.29 is 18.7 Å². The Bertz CT molecular complexity index is 1650. The van der Waals surface area contributed by atoms with Gasteiger partial charge in [-0.15, -0.1) is 11.3 Å². The number of likely N-dealkylation sites (N-methyl/N-ethyl adjacent to an activating group) is 1. The fraction of sp³-hybridized carbons (Fsp3) is 0.429. The number of Topliss-reactive ketones (excluding diaryl/α,β-unsaturated/α-hetero) is 1. The van der Waals surface area contributed by atoms with E-state index in [0.29, 0.717) is 30.2 Å². The van der Waals surface area contributed by atoms with Crippen LogP contribution in [0.1, 0.15) is 43.2 Å². The first-order valence-corrected chi connectivity index (χ1v) is 16.6. The first-order valence-electron chi connectivity index (χ1n) is 15.8. The summed E-state index contributed by atoms with van der Waals surface area (Å²) in [6, 6.07) is 12.6. The molecule has 1 amide bonds. The normalized spacial score (nSPS) is 17.1. The lowest BCUT2D eigenvalue weighted by Gasteiger charge is -2.32. The number of fused-ring (bicyclic) bond motifs is 1. The molecule has 6 rings (SSSR count). The molecule has 1 aromatic carbocycles. The van der Waals surface area contributed by atoms with Gasteiger partial charge in [0.15, 0.2) is 11.6 Å². The smallest absolute Gasteiger partial charge is 0.224 e. The standard InChI is InChI=1S/C35H40FN5O3S/c1-40(2)15-13-38-35(43)26-4-3-14-41(22-26)21-25-7-9-29(39-20-25)33-19-30-34(45-33)32(11-12-37-30)44-31-10-8-24(18-28(31)36)17-27(42)16-23-5-6-23/h7-12,18-20,23,26H,3-6,13-17,21-22H2,1-2H3,(H,38,43)/t26-/m1/s1. The van der Waals surface area contributed by atoms with Gasteiger partial charge >= 0.3 is 0 Å². The Morgan fingerprint density at radius 1 is 1.07 bits per heavy atom. The number of ketones is 1. The van der Waals surface area contributed by atoms with Crippen LogP contribution >= 0.6 is 11.3 Å². The van der Waals surface area contributed by atoms with Crippen molar-refractivity contribution in [3.05, 3.63) is 71.8 Å². The highest BCUT2D eigenvalue weighted by molar-refractivity contribution is 7.22. The first-order chi connectivity index (χ1) is 21.8. The van der Waals surface area contributed by atoms with E-state index in [-0.39, 0.29) is 29.8 Å².